The zero-order valence-electron chi connectivity index (χ0n) is 29.9. The fourth-order valence-corrected chi connectivity index (χ4v) is 5.85. The summed E-state index contributed by atoms with van der Waals surface area (Å²) < 4.78 is 11.1. The highest BCUT2D eigenvalue weighted by molar-refractivity contribution is 5.69. The molecule has 0 aliphatic heterocycles. The molecule has 0 rings (SSSR count). The summed E-state index contributed by atoms with van der Waals surface area (Å²) >= 11 is 0. The minimum Gasteiger partial charge on any atom is -0.457 e. The zero-order chi connectivity index (χ0) is 32.0. The summed E-state index contributed by atoms with van der Waals surface area (Å²) in [5.41, 5.74) is 0. The molecule has 0 aromatic carbocycles. The Morgan fingerprint density at radius 1 is 0.523 bits per heavy atom. The number of ether oxygens (including phenoxy) is 2. The van der Waals surface area contributed by atoms with Crippen LogP contribution in [0.2, 0.25) is 0 Å². The van der Waals surface area contributed by atoms with Crippen molar-refractivity contribution in [2.75, 3.05) is 19.8 Å². The first-order valence-corrected chi connectivity index (χ1v) is 19.8. The third-order valence-electron chi connectivity index (χ3n) is 8.84. The topological polar surface area (TPSA) is 55.8 Å². The van der Waals surface area contributed by atoms with E-state index in [1.165, 1.54) is 173 Å². The van der Waals surface area contributed by atoms with Crippen LogP contribution in [0, 0.1) is 0 Å². The maximum absolute atomic E-state index is 12.1. The number of esters is 1. The van der Waals surface area contributed by atoms with E-state index < -0.39 is 6.10 Å². The smallest absolute Gasteiger partial charge is 0.306 e. The van der Waals surface area contributed by atoms with Crippen molar-refractivity contribution in [1.82, 2.24) is 0 Å². The van der Waals surface area contributed by atoms with Crippen molar-refractivity contribution in [3.8, 4) is 0 Å². The number of unbranched alkanes of at least 4 members (excludes halogenated alkanes) is 27. The van der Waals surface area contributed by atoms with Crippen LogP contribution in [-0.2, 0) is 14.3 Å². The molecule has 1 atom stereocenters. The Labute approximate surface area is 275 Å². The average Bonchev–Trinajstić information content (AvgIpc) is 3.03. The predicted molar refractivity (Wildman–Crippen MR) is 191 cm³/mol. The normalized spacial score (nSPS) is 12.3. The molecule has 0 aromatic heterocycles. The molecule has 1 N–H and O–H groups in total. The number of hydrogen-bond donors (Lipinski definition) is 1. The number of allylic oxidation sites excluding steroid dienone is 2. The number of rotatable bonds is 37. The molecule has 0 fully saturated rings. The van der Waals surface area contributed by atoms with Gasteiger partial charge in [-0.05, 0) is 38.5 Å². The molecule has 1 unspecified atom stereocenters. The molecule has 0 aromatic rings. The van der Waals surface area contributed by atoms with Crippen LogP contribution in [0.3, 0.4) is 0 Å². The van der Waals surface area contributed by atoms with Crippen LogP contribution in [0.15, 0.2) is 12.2 Å². The predicted octanol–water partition coefficient (Wildman–Crippen LogP) is 12.6. The van der Waals surface area contributed by atoms with E-state index in [0.29, 0.717) is 19.6 Å². The standard InChI is InChI=1S/C40H78O4/c1-3-5-7-9-11-13-15-16-17-18-19-20-21-22-23-24-25-26-28-30-32-34-36-43-38-39(37-41)44-40(42)35-33-31-29-27-14-12-10-8-6-4-2/h18-19,39,41H,3-17,20-38H2,1-2H3/b19-18-. The second kappa shape index (κ2) is 38.3. The lowest BCUT2D eigenvalue weighted by Crippen LogP contribution is -2.27. The fraction of sp³-hybridized carbons (Fsp3) is 0.925. The molecule has 0 radical (unpaired) electrons. The Balaban J connectivity index is 3.36. The van der Waals surface area contributed by atoms with Crippen LogP contribution in [0.5, 0.6) is 0 Å². The van der Waals surface area contributed by atoms with Crippen LogP contribution < -0.4 is 0 Å². The summed E-state index contributed by atoms with van der Waals surface area (Å²) in [6.07, 6.45) is 44.1. The molecule has 0 spiro atoms. The van der Waals surface area contributed by atoms with Crippen LogP contribution in [-0.4, -0.2) is 37.0 Å². The molecule has 0 saturated heterocycles. The van der Waals surface area contributed by atoms with Crippen molar-refractivity contribution in [3.05, 3.63) is 12.2 Å². The van der Waals surface area contributed by atoms with E-state index in [0.717, 1.165) is 19.3 Å². The molecule has 0 aliphatic rings. The van der Waals surface area contributed by atoms with Crippen LogP contribution >= 0.6 is 0 Å². The van der Waals surface area contributed by atoms with Gasteiger partial charge in [-0.2, -0.15) is 0 Å². The summed E-state index contributed by atoms with van der Waals surface area (Å²) in [4.78, 5) is 12.1. The molecule has 0 aliphatic carbocycles. The molecule has 0 heterocycles. The van der Waals surface area contributed by atoms with Crippen LogP contribution in [0.1, 0.15) is 213 Å². The van der Waals surface area contributed by atoms with Gasteiger partial charge in [-0.3, -0.25) is 4.79 Å². The van der Waals surface area contributed by atoms with Gasteiger partial charge in [-0.15, -0.1) is 0 Å². The van der Waals surface area contributed by atoms with Gasteiger partial charge in [0.05, 0.1) is 13.2 Å². The van der Waals surface area contributed by atoms with Gasteiger partial charge in [-0.25, -0.2) is 0 Å². The Morgan fingerprint density at radius 3 is 1.30 bits per heavy atom. The van der Waals surface area contributed by atoms with Crippen molar-refractivity contribution >= 4 is 5.97 Å². The molecule has 4 nitrogen and oxygen atoms in total. The average molecular weight is 623 g/mol. The van der Waals surface area contributed by atoms with E-state index in [1.807, 2.05) is 0 Å². The SMILES string of the molecule is CCCCCCCCCC/C=C\CCCCCCCCCCCCOCC(CO)OC(=O)CCCCCCCCCCCC. The maximum Gasteiger partial charge on any atom is 0.306 e. The lowest BCUT2D eigenvalue weighted by atomic mass is 10.1. The summed E-state index contributed by atoms with van der Waals surface area (Å²) in [5.74, 6) is -0.201. The minimum absolute atomic E-state index is 0.167. The second-order valence-electron chi connectivity index (χ2n) is 13.4. The van der Waals surface area contributed by atoms with Gasteiger partial charge >= 0.3 is 5.97 Å². The van der Waals surface area contributed by atoms with Gasteiger partial charge in [-0.1, -0.05) is 180 Å². The number of aliphatic hydroxyl groups is 1. The highest BCUT2D eigenvalue weighted by Crippen LogP contribution is 2.14. The van der Waals surface area contributed by atoms with Crippen LogP contribution in [0.25, 0.3) is 0 Å². The first-order chi connectivity index (χ1) is 21.7. The van der Waals surface area contributed by atoms with Gasteiger partial charge in [0.15, 0.2) is 0 Å². The molecular weight excluding hydrogens is 544 g/mol. The van der Waals surface area contributed by atoms with E-state index in [2.05, 4.69) is 26.0 Å². The summed E-state index contributed by atoms with van der Waals surface area (Å²) in [6.45, 7) is 5.36. The van der Waals surface area contributed by atoms with Gasteiger partial charge in [0.25, 0.3) is 0 Å². The maximum atomic E-state index is 12.1. The van der Waals surface area contributed by atoms with E-state index in [9.17, 15) is 9.90 Å². The van der Waals surface area contributed by atoms with Crippen LogP contribution in [0.4, 0.5) is 0 Å². The third kappa shape index (κ3) is 35.6. The Bertz CT molecular complexity index is 576. The molecular formula is C40H78O4. The highest BCUT2D eigenvalue weighted by atomic mass is 16.6. The summed E-state index contributed by atoms with van der Waals surface area (Å²) in [7, 11) is 0. The Kier molecular flexibility index (Phi) is 37.6. The third-order valence-corrected chi connectivity index (χ3v) is 8.84. The molecule has 0 bridgehead atoms. The van der Waals surface area contributed by atoms with Gasteiger partial charge in [0, 0.05) is 13.0 Å². The Hall–Kier alpha value is -0.870. The van der Waals surface area contributed by atoms with Gasteiger partial charge in [0.2, 0.25) is 0 Å². The number of carbonyl (C=O) groups excluding carboxylic acids is 1. The lowest BCUT2D eigenvalue weighted by molar-refractivity contribution is -0.154. The van der Waals surface area contributed by atoms with Crippen molar-refractivity contribution < 1.29 is 19.4 Å². The number of aliphatic hydroxyl groups excluding tert-OH is 1. The van der Waals surface area contributed by atoms with E-state index in [-0.39, 0.29) is 12.6 Å². The largest absolute Gasteiger partial charge is 0.457 e. The van der Waals surface area contributed by atoms with Crippen molar-refractivity contribution in [2.24, 2.45) is 0 Å². The van der Waals surface area contributed by atoms with Crippen molar-refractivity contribution in [1.29, 1.82) is 0 Å². The zero-order valence-corrected chi connectivity index (χ0v) is 29.9. The summed E-state index contributed by atoms with van der Waals surface area (Å²) in [5, 5.41) is 9.54. The molecule has 262 valence electrons. The minimum atomic E-state index is -0.527. The first kappa shape index (κ1) is 43.1. The Morgan fingerprint density at radius 2 is 0.886 bits per heavy atom. The lowest BCUT2D eigenvalue weighted by Gasteiger charge is -2.16. The fourth-order valence-electron chi connectivity index (χ4n) is 5.85. The summed E-state index contributed by atoms with van der Waals surface area (Å²) in [6, 6.07) is 0. The highest BCUT2D eigenvalue weighted by Gasteiger charge is 2.13. The molecule has 4 heteroatoms. The quantitative estimate of drug-likeness (QED) is 0.0425. The first-order valence-electron chi connectivity index (χ1n) is 19.8. The van der Waals surface area contributed by atoms with E-state index in [1.54, 1.807) is 0 Å². The van der Waals surface area contributed by atoms with E-state index in [4.69, 9.17) is 9.47 Å². The second-order valence-corrected chi connectivity index (χ2v) is 13.4. The van der Waals surface area contributed by atoms with E-state index >= 15 is 0 Å². The van der Waals surface area contributed by atoms with Gasteiger partial charge < -0.3 is 14.6 Å². The molecule has 0 saturated carbocycles. The molecule has 0 amide bonds. The molecule has 44 heavy (non-hydrogen) atoms. The van der Waals surface area contributed by atoms with Gasteiger partial charge in [0.1, 0.15) is 6.10 Å². The number of hydrogen-bond acceptors (Lipinski definition) is 4. The van der Waals surface area contributed by atoms with Crippen molar-refractivity contribution in [2.45, 2.75) is 219 Å². The number of carbonyl (C=O) groups is 1. The monoisotopic (exact) mass is 623 g/mol. The van der Waals surface area contributed by atoms with Crippen molar-refractivity contribution in [3.63, 3.8) is 0 Å².